The summed E-state index contributed by atoms with van der Waals surface area (Å²) >= 11 is 5.96. The van der Waals surface area contributed by atoms with E-state index in [2.05, 4.69) is 37.3 Å². The van der Waals surface area contributed by atoms with Crippen LogP contribution in [0.25, 0.3) is 0 Å². The van der Waals surface area contributed by atoms with E-state index < -0.39 is 0 Å². The van der Waals surface area contributed by atoms with Crippen molar-refractivity contribution in [1.82, 2.24) is 15.1 Å². The second-order valence-corrected chi connectivity index (χ2v) is 5.38. The molecule has 0 saturated heterocycles. The minimum Gasteiger partial charge on any atom is -0.308 e. The van der Waals surface area contributed by atoms with Crippen molar-refractivity contribution in [2.24, 2.45) is 7.05 Å². The summed E-state index contributed by atoms with van der Waals surface area (Å²) in [5, 5.41) is 8.69. The monoisotopic (exact) mass is 277 g/mol. The lowest BCUT2D eigenvalue weighted by molar-refractivity contribution is 0.681. The SMILES string of the molecule is Cc1cc(Cl)ccc1CNCc1c(C)nn(C)c1C. The molecular formula is C15H20ClN3. The molecule has 1 aromatic carbocycles. The number of hydrogen-bond acceptors (Lipinski definition) is 2. The van der Waals surface area contributed by atoms with Crippen LogP contribution in [0.1, 0.15) is 28.1 Å². The smallest absolute Gasteiger partial charge is 0.0641 e. The second kappa shape index (κ2) is 5.76. The molecule has 0 fully saturated rings. The van der Waals surface area contributed by atoms with Crippen LogP contribution in [-0.2, 0) is 20.1 Å². The lowest BCUT2D eigenvalue weighted by atomic mass is 10.1. The number of halogens is 1. The summed E-state index contributed by atoms with van der Waals surface area (Å²) in [5.41, 5.74) is 6.11. The average Bonchev–Trinajstić information content (AvgIpc) is 2.58. The fourth-order valence-corrected chi connectivity index (χ4v) is 2.48. The molecule has 2 aromatic rings. The predicted molar refractivity (Wildman–Crippen MR) is 79.4 cm³/mol. The molecule has 0 bridgehead atoms. The van der Waals surface area contributed by atoms with E-state index in [1.807, 2.05) is 23.9 Å². The fourth-order valence-electron chi connectivity index (χ4n) is 2.25. The maximum atomic E-state index is 5.96. The first-order valence-corrected chi connectivity index (χ1v) is 6.81. The first-order valence-electron chi connectivity index (χ1n) is 6.44. The normalized spacial score (nSPS) is 11.0. The van der Waals surface area contributed by atoms with Crippen LogP contribution in [-0.4, -0.2) is 9.78 Å². The summed E-state index contributed by atoms with van der Waals surface area (Å²) in [5.74, 6) is 0. The van der Waals surface area contributed by atoms with Gasteiger partial charge >= 0.3 is 0 Å². The van der Waals surface area contributed by atoms with Crippen LogP contribution in [0.15, 0.2) is 18.2 Å². The summed E-state index contributed by atoms with van der Waals surface area (Å²) < 4.78 is 1.93. The molecule has 0 amide bonds. The van der Waals surface area contributed by atoms with Crippen LogP contribution in [0.2, 0.25) is 5.02 Å². The molecule has 102 valence electrons. The predicted octanol–water partition coefficient (Wildman–Crippen LogP) is 3.29. The van der Waals surface area contributed by atoms with Crippen molar-refractivity contribution in [3.8, 4) is 0 Å². The van der Waals surface area contributed by atoms with Crippen molar-refractivity contribution in [3.05, 3.63) is 51.3 Å². The van der Waals surface area contributed by atoms with Gasteiger partial charge in [-0.05, 0) is 44.0 Å². The highest BCUT2D eigenvalue weighted by atomic mass is 35.5. The van der Waals surface area contributed by atoms with Gasteiger partial charge in [-0.25, -0.2) is 0 Å². The van der Waals surface area contributed by atoms with Gasteiger partial charge in [-0.3, -0.25) is 4.68 Å². The Bertz CT molecular complexity index is 587. The zero-order chi connectivity index (χ0) is 14.0. The molecule has 0 aliphatic heterocycles. The molecule has 1 aromatic heterocycles. The molecule has 4 heteroatoms. The zero-order valence-corrected chi connectivity index (χ0v) is 12.7. The minimum absolute atomic E-state index is 0.792. The lowest BCUT2D eigenvalue weighted by Crippen LogP contribution is -2.14. The third-order valence-corrected chi connectivity index (χ3v) is 3.82. The first kappa shape index (κ1) is 14.1. The van der Waals surface area contributed by atoms with E-state index in [1.54, 1.807) is 0 Å². The molecule has 0 aliphatic carbocycles. The molecule has 0 spiro atoms. The van der Waals surface area contributed by atoms with Crippen LogP contribution in [0.3, 0.4) is 0 Å². The van der Waals surface area contributed by atoms with Crippen LogP contribution < -0.4 is 5.32 Å². The van der Waals surface area contributed by atoms with E-state index >= 15 is 0 Å². The summed E-state index contributed by atoms with van der Waals surface area (Å²) in [7, 11) is 1.98. The number of aryl methyl sites for hydroxylation is 3. The molecule has 0 saturated carbocycles. The van der Waals surface area contributed by atoms with E-state index in [0.29, 0.717) is 0 Å². The Hall–Kier alpha value is -1.32. The van der Waals surface area contributed by atoms with Gasteiger partial charge < -0.3 is 5.32 Å². The van der Waals surface area contributed by atoms with Crippen LogP contribution in [0.5, 0.6) is 0 Å². The van der Waals surface area contributed by atoms with E-state index in [0.717, 1.165) is 23.8 Å². The molecule has 1 N–H and O–H groups in total. The van der Waals surface area contributed by atoms with E-state index in [-0.39, 0.29) is 0 Å². The van der Waals surface area contributed by atoms with Gasteiger partial charge in [-0.15, -0.1) is 0 Å². The molecule has 19 heavy (non-hydrogen) atoms. The van der Waals surface area contributed by atoms with E-state index in [1.165, 1.54) is 22.4 Å². The molecular weight excluding hydrogens is 258 g/mol. The number of nitrogens with zero attached hydrogens (tertiary/aromatic N) is 2. The minimum atomic E-state index is 0.792. The third-order valence-electron chi connectivity index (χ3n) is 3.58. The quantitative estimate of drug-likeness (QED) is 0.929. The molecule has 1 heterocycles. The number of nitrogens with one attached hydrogen (secondary N) is 1. The molecule has 0 aliphatic rings. The van der Waals surface area contributed by atoms with Crippen LogP contribution in [0.4, 0.5) is 0 Å². The van der Waals surface area contributed by atoms with Crippen molar-refractivity contribution in [2.75, 3.05) is 0 Å². The molecule has 0 unspecified atom stereocenters. The number of rotatable bonds is 4. The Morgan fingerprint density at radius 2 is 1.95 bits per heavy atom. The Labute approximate surface area is 119 Å². The third kappa shape index (κ3) is 3.17. The Balaban J connectivity index is 2.00. The summed E-state index contributed by atoms with van der Waals surface area (Å²) in [6.45, 7) is 7.93. The van der Waals surface area contributed by atoms with Gasteiger partial charge in [0.15, 0.2) is 0 Å². The van der Waals surface area contributed by atoms with Crippen LogP contribution >= 0.6 is 11.6 Å². The van der Waals surface area contributed by atoms with Gasteiger partial charge in [0.05, 0.1) is 5.69 Å². The standard InChI is InChI=1S/C15H20ClN3/c1-10-7-14(16)6-5-13(10)8-17-9-15-11(2)18-19(4)12(15)3/h5-7,17H,8-9H2,1-4H3. The first-order chi connectivity index (χ1) is 8.99. The largest absolute Gasteiger partial charge is 0.308 e. The maximum absolute atomic E-state index is 5.96. The summed E-state index contributed by atoms with van der Waals surface area (Å²) in [6, 6.07) is 6.01. The van der Waals surface area contributed by atoms with Crippen molar-refractivity contribution in [3.63, 3.8) is 0 Å². The van der Waals surface area contributed by atoms with Gasteiger partial charge in [0.2, 0.25) is 0 Å². The maximum Gasteiger partial charge on any atom is 0.0641 e. The highest BCUT2D eigenvalue weighted by Gasteiger charge is 2.08. The fraction of sp³-hybridized carbons (Fsp3) is 0.400. The Morgan fingerprint density at radius 1 is 1.21 bits per heavy atom. The van der Waals surface area contributed by atoms with E-state index in [4.69, 9.17) is 11.6 Å². The van der Waals surface area contributed by atoms with Crippen molar-refractivity contribution < 1.29 is 0 Å². The van der Waals surface area contributed by atoms with Gasteiger partial charge in [0, 0.05) is 36.4 Å². The average molecular weight is 278 g/mol. The zero-order valence-electron chi connectivity index (χ0n) is 11.9. The second-order valence-electron chi connectivity index (χ2n) is 4.95. The lowest BCUT2D eigenvalue weighted by Gasteiger charge is -2.08. The van der Waals surface area contributed by atoms with Crippen molar-refractivity contribution in [1.29, 1.82) is 0 Å². The topological polar surface area (TPSA) is 29.9 Å². The van der Waals surface area contributed by atoms with Gasteiger partial charge in [-0.2, -0.15) is 5.10 Å². The van der Waals surface area contributed by atoms with Gasteiger partial charge in [0.1, 0.15) is 0 Å². The van der Waals surface area contributed by atoms with Gasteiger partial charge in [-0.1, -0.05) is 17.7 Å². The number of hydrogen-bond donors (Lipinski definition) is 1. The van der Waals surface area contributed by atoms with Gasteiger partial charge in [0.25, 0.3) is 0 Å². The Kier molecular flexibility index (Phi) is 4.27. The highest BCUT2D eigenvalue weighted by Crippen LogP contribution is 2.16. The number of benzene rings is 1. The van der Waals surface area contributed by atoms with E-state index in [9.17, 15) is 0 Å². The Morgan fingerprint density at radius 3 is 2.53 bits per heavy atom. The number of aromatic nitrogens is 2. The molecule has 0 radical (unpaired) electrons. The molecule has 0 atom stereocenters. The van der Waals surface area contributed by atoms with Crippen LogP contribution in [0, 0.1) is 20.8 Å². The molecule has 2 rings (SSSR count). The molecule has 3 nitrogen and oxygen atoms in total. The van der Waals surface area contributed by atoms with Crippen molar-refractivity contribution >= 4 is 11.6 Å². The van der Waals surface area contributed by atoms with Crippen molar-refractivity contribution in [2.45, 2.75) is 33.9 Å². The summed E-state index contributed by atoms with van der Waals surface area (Å²) in [4.78, 5) is 0. The highest BCUT2D eigenvalue weighted by molar-refractivity contribution is 6.30. The summed E-state index contributed by atoms with van der Waals surface area (Å²) in [6.07, 6.45) is 0.